The Morgan fingerprint density at radius 1 is 1.14 bits per heavy atom. The fourth-order valence-corrected chi connectivity index (χ4v) is 2.75. The Balaban J connectivity index is 1.41. The number of anilines is 1. The smallest absolute Gasteiger partial charge is 0.223 e. The van der Waals surface area contributed by atoms with E-state index in [0.717, 1.165) is 18.7 Å². The molecule has 1 aliphatic carbocycles. The maximum Gasteiger partial charge on any atom is 0.223 e. The summed E-state index contributed by atoms with van der Waals surface area (Å²) in [4.78, 5) is 11.9. The second-order valence-corrected chi connectivity index (χ2v) is 5.57. The number of hydrogen-bond acceptors (Lipinski definition) is 4. The van der Waals surface area contributed by atoms with Gasteiger partial charge < -0.3 is 15.2 Å². The Hall–Kier alpha value is -2.37. The molecule has 2 aromatic heterocycles. The highest BCUT2D eigenvalue weighted by Crippen LogP contribution is 2.24. The highest BCUT2D eigenvalue weighted by atomic mass is 16.1. The quantitative estimate of drug-likeness (QED) is 0.800. The summed E-state index contributed by atoms with van der Waals surface area (Å²) >= 11 is 0. The summed E-state index contributed by atoms with van der Waals surface area (Å²) in [5.41, 5.74) is 0. The Morgan fingerprint density at radius 3 is 2.59 bits per heavy atom. The molecular weight excluding hydrogens is 278 g/mol. The van der Waals surface area contributed by atoms with Crippen molar-refractivity contribution in [3.8, 4) is 5.82 Å². The SMILES string of the molecule is O=C(NCCNc1ccc(-n2cccc2)nn1)C1CCCC1. The van der Waals surface area contributed by atoms with E-state index in [1.54, 1.807) is 0 Å². The predicted octanol–water partition coefficient (Wildman–Crippen LogP) is 1.99. The summed E-state index contributed by atoms with van der Waals surface area (Å²) in [5.74, 6) is 1.91. The van der Waals surface area contributed by atoms with E-state index in [4.69, 9.17) is 0 Å². The Bertz CT molecular complexity index is 588. The molecule has 0 radical (unpaired) electrons. The highest BCUT2D eigenvalue weighted by Gasteiger charge is 2.21. The van der Waals surface area contributed by atoms with E-state index in [-0.39, 0.29) is 11.8 Å². The summed E-state index contributed by atoms with van der Waals surface area (Å²) in [6.07, 6.45) is 8.28. The molecule has 22 heavy (non-hydrogen) atoms. The van der Waals surface area contributed by atoms with Crippen LogP contribution < -0.4 is 10.6 Å². The molecule has 0 bridgehead atoms. The molecule has 6 nitrogen and oxygen atoms in total. The summed E-state index contributed by atoms with van der Waals surface area (Å²) in [5, 5.41) is 14.4. The number of hydrogen-bond donors (Lipinski definition) is 2. The van der Waals surface area contributed by atoms with Crippen molar-refractivity contribution in [2.75, 3.05) is 18.4 Å². The zero-order chi connectivity index (χ0) is 15.2. The molecule has 1 amide bonds. The van der Waals surface area contributed by atoms with Crippen LogP contribution in [0.2, 0.25) is 0 Å². The van der Waals surface area contributed by atoms with Crippen LogP contribution in [0.4, 0.5) is 5.82 Å². The third-order valence-corrected chi connectivity index (χ3v) is 3.98. The lowest BCUT2D eigenvalue weighted by molar-refractivity contribution is -0.124. The standard InChI is InChI=1S/C16H21N5O/c22-16(13-5-1-2-6-13)18-10-9-17-14-7-8-15(20-19-14)21-11-3-4-12-21/h3-4,7-8,11-13H,1-2,5-6,9-10H2,(H,17,19)(H,18,22). The van der Waals surface area contributed by atoms with Gasteiger partial charge in [-0.25, -0.2) is 0 Å². The minimum Gasteiger partial charge on any atom is -0.367 e. The van der Waals surface area contributed by atoms with Gasteiger partial charge in [-0.15, -0.1) is 10.2 Å². The first kappa shape index (κ1) is 14.6. The van der Waals surface area contributed by atoms with Crippen LogP contribution >= 0.6 is 0 Å². The van der Waals surface area contributed by atoms with Crippen LogP contribution in [-0.4, -0.2) is 33.8 Å². The number of rotatable bonds is 6. The first-order valence-electron chi connectivity index (χ1n) is 7.81. The van der Waals surface area contributed by atoms with Gasteiger partial charge in [0.2, 0.25) is 5.91 Å². The Kier molecular flexibility index (Phi) is 4.68. The average molecular weight is 299 g/mol. The number of carbonyl (C=O) groups excluding carboxylic acids is 1. The molecule has 0 spiro atoms. The molecule has 3 rings (SSSR count). The largest absolute Gasteiger partial charge is 0.367 e. The van der Waals surface area contributed by atoms with Crippen molar-refractivity contribution in [3.05, 3.63) is 36.7 Å². The summed E-state index contributed by atoms with van der Waals surface area (Å²) in [6, 6.07) is 7.69. The minimum absolute atomic E-state index is 0.188. The second-order valence-electron chi connectivity index (χ2n) is 5.57. The van der Waals surface area contributed by atoms with Gasteiger partial charge in [-0.3, -0.25) is 4.79 Å². The van der Waals surface area contributed by atoms with Crippen LogP contribution in [0, 0.1) is 5.92 Å². The summed E-state index contributed by atoms with van der Waals surface area (Å²) in [6.45, 7) is 1.26. The Labute approximate surface area is 129 Å². The van der Waals surface area contributed by atoms with Crippen LogP contribution in [0.25, 0.3) is 5.82 Å². The van der Waals surface area contributed by atoms with Gasteiger partial charge in [-0.1, -0.05) is 12.8 Å². The van der Waals surface area contributed by atoms with Crippen molar-refractivity contribution in [2.45, 2.75) is 25.7 Å². The van der Waals surface area contributed by atoms with Crippen LogP contribution in [0.1, 0.15) is 25.7 Å². The Morgan fingerprint density at radius 2 is 1.91 bits per heavy atom. The van der Waals surface area contributed by atoms with Gasteiger partial charge in [-0.05, 0) is 37.1 Å². The first-order chi connectivity index (χ1) is 10.8. The van der Waals surface area contributed by atoms with Gasteiger partial charge in [0.15, 0.2) is 5.82 Å². The number of carbonyl (C=O) groups is 1. The van der Waals surface area contributed by atoms with Gasteiger partial charge in [0.1, 0.15) is 5.82 Å². The van der Waals surface area contributed by atoms with E-state index in [0.29, 0.717) is 18.9 Å². The molecular formula is C16H21N5O. The van der Waals surface area contributed by atoms with E-state index in [2.05, 4.69) is 20.8 Å². The second kappa shape index (κ2) is 7.06. The number of nitrogens with one attached hydrogen (secondary N) is 2. The van der Waals surface area contributed by atoms with Gasteiger partial charge >= 0.3 is 0 Å². The van der Waals surface area contributed by atoms with Crippen molar-refractivity contribution in [3.63, 3.8) is 0 Å². The molecule has 2 N–H and O–H groups in total. The molecule has 2 heterocycles. The van der Waals surface area contributed by atoms with Gasteiger partial charge in [0.25, 0.3) is 0 Å². The van der Waals surface area contributed by atoms with E-state index < -0.39 is 0 Å². The maximum absolute atomic E-state index is 11.9. The zero-order valence-electron chi connectivity index (χ0n) is 12.5. The van der Waals surface area contributed by atoms with Crippen LogP contribution in [0.15, 0.2) is 36.7 Å². The lowest BCUT2D eigenvalue weighted by Crippen LogP contribution is -2.33. The molecule has 6 heteroatoms. The van der Waals surface area contributed by atoms with Crippen molar-refractivity contribution in [2.24, 2.45) is 5.92 Å². The third kappa shape index (κ3) is 3.63. The number of aromatic nitrogens is 3. The van der Waals surface area contributed by atoms with Crippen LogP contribution in [-0.2, 0) is 4.79 Å². The van der Waals surface area contributed by atoms with Gasteiger partial charge in [-0.2, -0.15) is 0 Å². The van der Waals surface area contributed by atoms with Gasteiger partial charge in [0.05, 0.1) is 0 Å². The molecule has 1 saturated carbocycles. The number of amides is 1. The topological polar surface area (TPSA) is 71.8 Å². The lowest BCUT2D eigenvalue weighted by Gasteiger charge is -2.11. The summed E-state index contributed by atoms with van der Waals surface area (Å²) in [7, 11) is 0. The molecule has 1 fully saturated rings. The van der Waals surface area contributed by atoms with Gasteiger partial charge in [0, 0.05) is 31.4 Å². The normalized spacial score (nSPS) is 14.9. The molecule has 0 atom stereocenters. The molecule has 1 aliphatic rings. The lowest BCUT2D eigenvalue weighted by atomic mass is 10.1. The van der Waals surface area contributed by atoms with Crippen LogP contribution in [0.3, 0.4) is 0 Å². The zero-order valence-corrected chi connectivity index (χ0v) is 12.5. The van der Waals surface area contributed by atoms with E-state index >= 15 is 0 Å². The monoisotopic (exact) mass is 299 g/mol. The average Bonchev–Trinajstić information content (AvgIpc) is 3.25. The number of nitrogens with zero attached hydrogens (tertiary/aromatic N) is 3. The molecule has 116 valence electrons. The molecule has 0 aliphatic heterocycles. The third-order valence-electron chi connectivity index (χ3n) is 3.98. The first-order valence-corrected chi connectivity index (χ1v) is 7.81. The maximum atomic E-state index is 11.9. The summed E-state index contributed by atoms with van der Waals surface area (Å²) < 4.78 is 1.90. The molecule has 0 saturated heterocycles. The van der Waals surface area contributed by atoms with Crippen molar-refractivity contribution in [1.29, 1.82) is 0 Å². The minimum atomic E-state index is 0.188. The van der Waals surface area contributed by atoms with E-state index in [1.165, 1.54) is 12.8 Å². The van der Waals surface area contributed by atoms with Crippen molar-refractivity contribution in [1.82, 2.24) is 20.1 Å². The van der Waals surface area contributed by atoms with Crippen molar-refractivity contribution < 1.29 is 4.79 Å². The van der Waals surface area contributed by atoms with Crippen molar-refractivity contribution >= 4 is 11.7 Å². The molecule has 2 aromatic rings. The van der Waals surface area contributed by atoms with E-state index in [9.17, 15) is 4.79 Å². The van der Waals surface area contributed by atoms with E-state index in [1.807, 2.05) is 41.2 Å². The fourth-order valence-electron chi connectivity index (χ4n) is 2.75. The molecule has 0 unspecified atom stereocenters. The molecule has 0 aromatic carbocycles. The predicted molar refractivity (Wildman–Crippen MR) is 84.8 cm³/mol. The van der Waals surface area contributed by atoms with Crippen LogP contribution in [0.5, 0.6) is 0 Å². The fraction of sp³-hybridized carbons (Fsp3) is 0.438. The highest BCUT2D eigenvalue weighted by molar-refractivity contribution is 5.78.